The Hall–Kier alpha value is -1.19. The van der Waals surface area contributed by atoms with Crippen LogP contribution in [0.4, 0.5) is 4.39 Å². The third kappa shape index (κ3) is 3.90. The maximum atomic E-state index is 13.4. The summed E-state index contributed by atoms with van der Waals surface area (Å²) < 4.78 is 14.0. The van der Waals surface area contributed by atoms with Gasteiger partial charge in [0, 0.05) is 4.47 Å². The third-order valence-corrected chi connectivity index (χ3v) is 3.77. The summed E-state index contributed by atoms with van der Waals surface area (Å²) in [6, 6.07) is 12.4. The molecule has 0 saturated heterocycles. The zero-order chi connectivity index (χ0) is 14.5. The molecule has 0 amide bonds. The molecule has 1 unspecified atom stereocenters. The molecule has 1 N–H and O–H groups in total. The first-order chi connectivity index (χ1) is 9.60. The van der Waals surface area contributed by atoms with Crippen molar-refractivity contribution in [2.75, 3.05) is 0 Å². The van der Waals surface area contributed by atoms with Crippen molar-refractivity contribution in [2.24, 2.45) is 0 Å². The quantitative estimate of drug-likeness (QED) is 0.813. The Morgan fingerprint density at radius 1 is 1.10 bits per heavy atom. The summed E-state index contributed by atoms with van der Waals surface area (Å²) in [5.74, 6) is -0.354. The van der Waals surface area contributed by atoms with E-state index in [9.17, 15) is 9.50 Å². The Labute approximate surface area is 127 Å². The molecular weight excluding hydrogens is 319 g/mol. The predicted octanol–water partition coefficient (Wildman–Crippen LogP) is 5.01. The normalized spacial score (nSPS) is 12.4. The highest BCUT2D eigenvalue weighted by molar-refractivity contribution is 9.10. The van der Waals surface area contributed by atoms with Gasteiger partial charge in [0.1, 0.15) is 11.9 Å². The van der Waals surface area contributed by atoms with Gasteiger partial charge in [-0.3, -0.25) is 0 Å². The lowest BCUT2D eigenvalue weighted by molar-refractivity contribution is 0.219. The minimum Gasteiger partial charge on any atom is -0.384 e. The number of unbranched alkanes of at least 4 members (excludes halogenated alkanes) is 1. The van der Waals surface area contributed by atoms with Crippen LogP contribution in [-0.2, 0) is 6.42 Å². The van der Waals surface area contributed by atoms with Crippen LogP contribution in [0, 0.1) is 5.82 Å². The average molecular weight is 337 g/mol. The molecule has 106 valence electrons. The van der Waals surface area contributed by atoms with Gasteiger partial charge in [0.25, 0.3) is 0 Å². The molecule has 0 aliphatic heterocycles. The third-order valence-electron chi connectivity index (χ3n) is 3.32. The van der Waals surface area contributed by atoms with E-state index in [4.69, 9.17) is 0 Å². The number of hydrogen-bond donors (Lipinski definition) is 1. The highest BCUT2D eigenvalue weighted by atomic mass is 79.9. The van der Waals surface area contributed by atoms with E-state index in [0.717, 1.165) is 12.0 Å². The van der Waals surface area contributed by atoms with Crippen molar-refractivity contribution < 1.29 is 9.50 Å². The summed E-state index contributed by atoms with van der Waals surface area (Å²) in [6.07, 6.45) is 2.58. The fraction of sp³-hybridized carbons (Fsp3) is 0.294. The van der Waals surface area contributed by atoms with Gasteiger partial charge in [0.15, 0.2) is 0 Å². The number of halogens is 2. The van der Waals surface area contributed by atoms with Crippen LogP contribution in [0.3, 0.4) is 0 Å². The van der Waals surface area contributed by atoms with Gasteiger partial charge in [-0.15, -0.1) is 0 Å². The molecule has 0 heterocycles. The van der Waals surface area contributed by atoms with E-state index in [1.807, 2.05) is 24.3 Å². The summed E-state index contributed by atoms with van der Waals surface area (Å²) in [6.45, 7) is 2.17. The molecule has 0 aliphatic rings. The Morgan fingerprint density at radius 2 is 1.80 bits per heavy atom. The van der Waals surface area contributed by atoms with Crippen molar-refractivity contribution in [3.05, 3.63) is 69.4 Å². The van der Waals surface area contributed by atoms with Crippen molar-refractivity contribution >= 4 is 15.9 Å². The number of rotatable bonds is 5. The SMILES string of the molecule is CCCCc1ccc(C(O)c2cc(F)cc(Br)c2)cc1. The van der Waals surface area contributed by atoms with E-state index >= 15 is 0 Å². The van der Waals surface area contributed by atoms with Crippen molar-refractivity contribution in [1.29, 1.82) is 0 Å². The van der Waals surface area contributed by atoms with E-state index < -0.39 is 6.10 Å². The van der Waals surface area contributed by atoms with Crippen LogP contribution in [-0.4, -0.2) is 5.11 Å². The number of aliphatic hydroxyl groups is 1. The minimum atomic E-state index is -0.803. The van der Waals surface area contributed by atoms with E-state index in [0.29, 0.717) is 10.0 Å². The van der Waals surface area contributed by atoms with E-state index in [1.54, 1.807) is 6.07 Å². The number of aliphatic hydroxyl groups excluding tert-OH is 1. The van der Waals surface area contributed by atoms with Crippen molar-refractivity contribution in [3.63, 3.8) is 0 Å². The Balaban J connectivity index is 2.17. The molecule has 1 nitrogen and oxygen atoms in total. The van der Waals surface area contributed by atoms with Crippen LogP contribution in [0.5, 0.6) is 0 Å². The van der Waals surface area contributed by atoms with Crippen LogP contribution >= 0.6 is 15.9 Å². The molecule has 2 rings (SSSR count). The first kappa shape index (κ1) is 15.2. The molecule has 1 atom stereocenters. The van der Waals surface area contributed by atoms with E-state index in [1.165, 1.54) is 30.5 Å². The molecule has 0 fully saturated rings. The lowest BCUT2D eigenvalue weighted by atomic mass is 9.99. The topological polar surface area (TPSA) is 20.2 Å². The van der Waals surface area contributed by atoms with E-state index in [2.05, 4.69) is 22.9 Å². The highest BCUT2D eigenvalue weighted by Gasteiger charge is 2.12. The first-order valence-corrected chi connectivity index (χ1v) is 7.62. The van der Waals surface area contributed by atoms with Crippen LogP contribution in [0.15, 0.2) is 46.9 Å². The smallest absolute Gasteiger partial charge is 0.124 e. The molecule has 0 saturated carbocycles. The number of aryl methyl sites for hydroxylation is 1. The van der Waals surface area contributed by atoms with Crippen molar-refractivity contribution in [2.45, 2.75) is 32.3 Å². The van der Waals surface area contributed by atoms with Gasteiger partial charge in [0.05, 0.1) is 0 Å². The summed E-state index contributed by atoms with van der Waals surface area (Å²) in [4.78, 5) is 0. The zero-order valence-corrected chi connectivity index (χ0v) is 13.0. The molecule has 0 aromatic heterocycles. The average Bonchev–Trinajstić information content (AvgIpc) is 2.44. The van der Waals surface area contributed by atoms with Crippen LogP contribution in [0.1, 0.15) is 42.6 Å². The molecule has 0 bridgehead atoms. The zero-order valence-electron chi connectivity index (χ0n) is 11.4. The standard InChI is InChI=1S/C17H18BrFO/c1-2-3-4-12-5-7-13(8-6-12)17(20)14-9-15(18)11-16(19)10-14/h5-11,17,20H,2-4H2,1H3. The van der Waals surface area contributed by atoms with Gasteiger partial charge in [-0.05, 0) is 47.7 Å². The molecule has 3 heteroatoms. The van der Waals surface area contributed by atoms with Gasteiger partial charge in [-0.2, -0.15) is 0 Å². The molecule has 0 aliphatic carbocycles. The minimum absolute atomic E-state index is 0.354. The Bertz CT molecular complexity index is 545. The van der Waals surface area contributed by atoms with E-state index in [-0.39, 0.29) is 5.82 Å². The van der Waals surface area contributed by atoms with Gasteiger partial charge in [0.2, 0.25) is 0 Å². The second-order valence-electron chi connectivity index (χ2n) is 4.95. The molecular formula is C17H18BrFO. The van der Waals surface area contributed by atoms with Crippen molar-refractivity contribution in [3.8, 4) is 0 Å². The fourth-order valence-electron chi connectivity index (χ4n) is 2.17. The summed E-state index contributed by atoms with van der Waals surface area (Å²) in [7, 11) is 0. The summed E-state index contributed by atoms with van der Waals surface area (Å²) in [5.41, 5.74) is 2.60. The maximum Gasteiger partial charge on any atom is 0.124 e. The Morgan fingerprint density at radius 3 is 2.40 bits per heavy atom. The maximum absolute atomic E-state index is 13.4. The molecule has 20 heavy (non-hydrogen) atoms. The predicted molar refractivity (Wildman–Crippen MR) is 83.2 cm³/mol. The second kappa shape index (κ2) is 7.00. The largest absolute Gasteiger partial charge is 0.384 e. The summed E-state index contributed by atoms with van der Waals surface area (Å²) >= 11 is 3.24. The van der Waals surface area contributed by atoms with Crippen LogP contribution < -0.4 is 0 Å². The first-order valence-electron chi connectivity index (χ1n) is 6.83. The van der Waals surface area contributed by atoms with Crippen LogP contribution in [0.25, 0.3) is 0 Å². The highest BCUT2D eigenvalue weighted by Crippen LogP contribution is 2.26. The Kier molecular flexibility index (Phi) is 5.32. The van der Waals surface area contributed by atoms with Crippen LogP contribution in [0.2, 0.25) is 0 Å². The monoisotopic (exact) mass is 336 g/mol. The van der Waals surface area contributed by atoms with Gasteiger partial charge in [-0.1, -0.05) is 53.5 Å². The van der Waals surface area contributed by atoms with Crippen molar-refractivity contribution in [1.82, 2.24) is 0 Å². The van der Waals surface area contributed by atoms with Gasteiger partial charge >= 0.3 is 0 Å². The molecule has 2 aromatic rings. The molecule has 0 radical (unpaired) electrons. The lowest BCUT2D eigenvalue weighted by Crippen LogP contribution is -2.00. The van der Waals surface area contributed by atoms with Gasteiger partial charge < -0.3 is 5.11 Å². The summed E-state index contributed by atoms with van der Waals surface area (Å²) in [5, 5.41) is 10.3. The number of hydrogen-bond acceptors (Lipinski definition) is 1. The molecule has 2 aromatic carbocycles. The number of benzene rings is 2. The second-order valence-corrected chi connectivity index (χ2v) is 5.87. The molecule has 0 spiro atoms. The fourth-order valence-corrected chi connectivity index (χ4v) is 2.66. The lowest BCUT2D eigenvalue weighted by Gasteiger charge is -2.13. The van der Waals surface area contributed by atoms with Gasteiger partial charge in [-0.25, -0.2) is 4.39 Å².